The van der Waals surface area contributed by atoms with E-state index in [1.807, 2.05) is 6.92 Å². The zero-order valence-corrected chi connectivity index (χ0v) is 10.5. The first-order valence-electron chi connectivity index (χ1n) is 5.36. The van der Waals surface area contributed by atoms with Gasteiger partial charge in [-0.15, -0.1) is 0 Å². The Balaban J connectivity index is 2.40. The summed E-state index contributed by atoms with van der Waals surface area (Å²) in [6, 6.07) is 6.53. The second-order valence-electron chi connectivity index (χ2n) is 4.02. The molecule has 1 aromatic rings. The summed E-state index contributed by atoms with van der Waals surface area (Å²) in [6.07, 6.45) is 0.511. The summed E-state index contributed by atoms with van der Waals surface area (Å²) in [5.74, 6) is -0.359. The predicted molar refractivity (Wildman–Crippen MR) is 65.5 cm³/mol. The third-order valence-electron chi connectivity index (χ3n) is 2.36. The van der Waals surface area contributed by atoms with Gasteiger partial charge in [0.05, 0.1) is 5.75 Å². The number of hydrogen-bond donors (Lipinski definition) is 2. The van der Waals surface area contributed by atoms with Crippen molar-refractivity contribution in [1.29, 1.82) is 0 Å². The van der Waals surface area contributed by atoms with Crippen LogP contribution in [0.4, 0.5) is 4.39 Å². The zero-order chi connectivity index (χ0) is 12.9. The van der Waals surface area contributed by atoms with Gasteiger partial charge in [-0.25, -0.2) is 17.9 Å². The van der Waals surface area contributed by atoms with E-state index in [0.717, 1.165) is 0 Å². The van der Waals surface area contributed by atoms with Crippen LogP contribution in [0.25, 0.3) is 0 Å². The van der Waals surface area contributed by atoms with Crippen LogP contribution in [0.2, 0.25) is 0 Å². The van der Waals surface area contributed by atoms with Crippen LogP contribution in [-0.2, 0) is 16.4 Å². The average Bonchev–Trinajstić information content (AvgIpc) is 2.19. The molecule has 0 amide bonds. The lowest BCUT2D eigenvalue weighted by atomic mass is 10.1. The molecule has 0 aliphatic rings. The maximum Gasteiger partial charge on any atom is 0.210 e. The maximum atomic E-state index is 13.3. The number of hydrogen-bond acceptors (Lipinski definition) is 3. The van der Waals surface area contributed by atoms with E-state index in [-0.39, 0.29) is 24.2 Å². The maximum absolute atomic E-state index is 13.3. The quantitative estimate of drug-likeness (QED) is 0.788. The van der Waals surface area contributed by atoms with Crippen molar-refractivity contribution in [3.63, 3.8) is 0 Å². The average molecular weight is 260 g/mol. The first-order valence-corrected chi connectivity index (χ1v) is 7.07. The fourth-order valence-electron chi connectivity index (χ4n) is 1.51. The highest BCUT2D eigenvalue weighted by Crippen LogP contribution is 2.08. The molecule has 0 radical (unpaired) electrons. The van der Waals surface area contributed by atoms with E-state index in [2.05, 4.69) is 5.32 Å². The third kappa shape index (κ3) is 5.76. The molecular formula is C11H17FN2O2S. The number of primary sulfonamides is 1. The molecule has 0 aliphatic heterocycles. The Bertz CT molecular complexity index is 462. The molecule has 0 saturated carbocycles. The van der Waals surface area contributed by atoms with Crippen molar-refractivity contribution in [2.45, 2.75) is 19.4 Å². The summed E-state index contributed by atoms with van der Waals surface area (Å²) >= 11 is 0. The highest BCUT2D eigenvalue weighted by Gasteiger charge is 2.08. The molecule has 0 fully saturated rings. The lowest BCUT2D eigenvalue weighted by molar-refractivity contribution is 0.535. The number of nitrogens with one attached hydrogen (secondary N) is 1. The molecule has 1 atom stereocenters. The number of benzene rings is 1. The van der Waals surface area contributed by atoms with Crippen LogP contribution in [0.1, 0.15) is 12.5 Å². The Labute approximate surface area is 101 Å². The topological polar surface area (TPSA) is 72.2 Å². The zero-order valence-electron chi connectivity index (χ0n) is 9.69. The van der Waals surface area contributed by atoms with Crippen molar-refractivity contribution < 1.29 is 12.8 Å². The second kappa shape index (κ2) is 6.09. The van der Waals surface area contributed by atoms with Gasteiger partial charge in [0.2, 0.25) is 10.0 Å². The molecule has 0 saturated heterocycles. The second-order valence-corrected chi connectivity index (χ2v) is 5.75. The van der Waals surface area contributed by atoms with Gasteiger partial charge in [0, 0.05) is 12.6 Å². The monoisotopic (exact) mass is 260 g/mol. The summed E-state index contributed by atoms with van der Waals surface area (Å²) in [5, 5.41) is 7.86. The van der Waals surface area contributed by atoms with Crippen LogP contribution in [0.15, 0.2) is 24.3 Å². The van der Waals surface area contributed by atoms with Crippen LogP contribution in [0.3, 0.4) is 0 Å². The van der Waals surface area contributed by atoms with Gasteiger partial charge in [-0.05, 0) is 25.0 Å². The molecule has 3 N–H and O–H groups in total. The molecule has 17 heavy (non-hydrogen) atoms. The van der Waals surface area contributed by atoms with Gasteiger partial charge in [0.15, 0.2) is 0 Å². The van der Waals surface area contributed by atoms with Crippen molar-refractivity contribution in [3.8, 4) is 0 Å². The smallest absolute Gasteiger partial charge is 0.210 e. The van der Waals surface area contributed by atoms with Crippen LogP contribution in [0.5, 0.6) is 0 Å². The van der Waals surface area contributed by atoms with Gasteiger partial charge in [0.1, 0.15) is 5.82 Å². The largest absolute Gasteiger partial charge is 0.313 e. The summed E-state index contributed by atoms with van der Waals surface area (Å²) < 4.78 is 34.7. The van der Waals surface area contributed by atoms with Crippen molar-refractivity contribution in [1.82, 2.24) is 5.32 Å². The minimum Gasteiger partial charge on any atom is -0.313 e. The lowest BCUT2D eigenvalue weighted by Gasteiger charge is -2.13. The Morgan fingerprint density at radius 3 is 2.65 bits per heavy atom. The Morgan fingerprint density at radius 1 is 1.41 bits per heavy atom. The van der Waals surface area contributed by atoms with Gasteiger partial charge >= 0.3 is 0 Å². The number of halogens is 1. The molecule has 0 spiro atoms. The standard InChI is InChI=1S/C11H17FN2O2S/c1-9(14-6-7-17(13,15)16)8-10-4-2-3-5-11(10)12/h2-5,9,14H,6-8H2,1H3,(H2,13,15,16). The fourth-order valence-corrected chi connectivity index (χ4v) is 1.92. The Morgan fingerprint density at radius 2 is 2.06 bits per heavy atom. The van der Waals surface area contributed by atoms with E-state index in [9.17, 15) is 12.8 Å². The van der Waals surface area contributed by atoms with Crippen molar-refractivity contribution in [2.75, 3.05) is 12.3 Å². The molecule has 6 heteroatoms. The highest BCUT2D eigenvalue weighted by molar-refractivity contribution is 7.89. The number of rotatable bonds is 6. The summed E-state index contributed by atoms with van der Waals surface area (Å²) in [6.45, 7) is 2.14. The molecule has 1 aromatic carbocycles. The summed E-state index contributed by atoms with van der Waals surface area (Å²) in [7, 11) is -3.44. The molecule has 0 aliphatic carbocycles. The fraction of sp³-hybridized carbons (Fsp3) is 0.455. The normalized spacial score (nSPS) is 13.6. The molecular weight excluding hydrogens is 243 g/mol. The van der Waals surface area contributed by atoms with E-state index in [4.69, 9.17) is 5.14 Å². The van der Waals surface area contributed by atoms with Gasteiger partial charge in [-0.1, -0.05) is 18.2 Å². The van der Waals surface area contributed by atoms with Gasteiger partial charge in [0.25, 0.3) is 0 Å². The summed E-state index contributed by atoms with van der Waals surface area (Å²) in [4.78, 5) is 0. The van der Waals surface area contributed by atoms with Crippen molar-refractivity contribution in [3.05, 3.63) is 35.6 Å². The Hall–Kier alpha value is -0.980. The van der Waals surface area contributed by atoms with E-state index >= 15 is 0 Å². The van der Waals surface area contributed by atoms with Crippen LogP contribution >= 0.6 is 0 Å². The van der Waals surface area contributed by atoms with E-state index in [1.165, 1.54) is 6.07 Å². The van der Waals surface area contributed by atoms with Crippen LogP contribution in [0, 0.1) is 5.82 Å². The molecule has 0 bridgehead atoms. The van der Waals surface area contributed by atoms with E-state index < -0.39 is 10.0 Å². The molecule has 0 aromatic heterocycles. The van der Waals surface area contributed by atoms with Gasteiger partial charge in [-0.3, -0.25) is 0 Å². The Kier molecular flexibility index (Phi) is 5.04. The predicted octanol–water partition coefficient (Wildman–Crippen LogP) is 0.635. The summed E-state index contributed by atoms with van der Waals surface area (Å²) in [5.41, 5.74) is 0.614. The molecule has 96 valence electrons. The van der Waals surface area contributed by atoms with Crippen molar-refractivity contribution >= 4 is 10.0 Å². The number of nitrogens with two attached hydrogens (primary N) is 1. The highest BCUT2D eigenvalue weighted by atomic mass is 32.2. The number of sulfonamides is 1. The van der Waals surface area contributed by atoms with E-state index in [0.29, 0.717) is 12.0 Å². The van der Waals surface area contributed by atoms with E-state index in [1.54, 1.807) is 18.2 Å². The van der Waals surface area contributed by atoms with Crippen molar-refractivity contribution in [2.24, 2.45) is 5.14 Å². The molecule has 1 unspecified atom stereocenters. The molecule has 1 rings (SSSR count). The minimum absolute atomic E-state index is 0.00588. The third-order valence-corrected chi connectivity index (χ3v) is 3.14. The minimum atomic E-state index is -3.44. The SMILES string of the molecule is CC(Cc1ccccc1F)NCCS(N)(=O)=O. The molecule has 4 nitrogen and oxygen atoms in total. The lowest BCUT2D eigenvalue weighted by Crippen LogP contribution is -2.34. The first-order chi connectivity index (χ1) is 7.88. The van der Waals surface area contributed by atoms with Crippen LogP contribution in [-0.4, -0.2) is 26.8 Å². The van der Waals surface area contributed by atoms with Gasteiger partial charge < -0.3 is 5.32 Å². The molecule has 0 heterocycles. The van der Waals surface area contributed by atoms with Crippen LogP contribution < -0.4 is 10.5 Å². The first kappa shape index (κ1) is 14.1. The van der Waals surface area contributed by atoms with Gasteiger partial charge in [-0.2, -0.15) is 0 Å².